The summed E-state index contributed by atoms with van der Waals surface area (Å²) in [4.78, 5) is 0. The molecule has 1 heterocycles. The highest BCUT2D eigenvalue weighted by molar-refractivity contribution is 6.22. The number of alkyl halides is 1. The zero-order chi connectivity index (χ0) is 15.0. The van der Waals surface area contributed by atoms with Crippen molar-refractivity contribution in [1.29, 1.82) is 0 Å². The first-order chi connectivity index (χ1) is 9.36. The maximum Gasteiger partial charge on any atom is 0.134 e. The number of methoxy groups -OCH3 is 1. The molecule has 0 saturated heterocycles. The van der Waals surface area contributed by atoms with Crippen LogP contribution in [0.25, 0.3) is 0 Å². The van der Waals surface area contributed by atoms with E-state index in [1.54, 1.807) is 13.8 Å². The van der Waals surface area contributed by atoms with Gasteiger partial charge in [0.15, 0.2) is 0 Å². The van der Waals surface area contributed by atoms with E-state index in [2.05, 4.69) is 0 Å². The molecule has 1 unspecified atom stereocenters. The van der Waals surface area contributed by atoms with Crippen LogP contribution in [0.4, 0.5) is 8.78 Å². The van der Waals surface area contributed by atoms with Gasteiger partial charge in [0, 0.05) is 23.3 Å². The van der Waals surface area contributed by atoms with Gasteiger partial charge in [-0.25, -0.2) is 8.78 Å². The largest absolute Gasteiger partial charge is 0.497 e. The van der Waals surface area contributed by atoms with Crippen LogP contribution in [0, 0.1) is 32.4 Å². The highest BCUT2D eigenvalue weighted by Crippen LogP contribution is 2.39. The average molecular weight is 301 g/mol. The normalized spacial score (nSPS) is 12.6. The lowest BCUT2D eigenvalue weighted by atomic mass is 9.99. The van der Waals surface area contributed by atoms with Gasteiger partial charge in [0.25, 0.3) is 0 Å². The summed E-state index contributed by atoms with van der Waals surface area (Å²) in [6.07, 6.45) is 0. The Kier molecular flexibility index (Phi) is 4.04. The van der Waals surface area contributed by atoms with Crippen molar-refractivity contribution in [3.8, 4) is 5.75 Å². The Morgan fingerprint density at radius 2 is 1.60 bits per heavy atom. The van der Waals surface area contributed by atoms with Crippen LogP contribution < -0.4 is 4.74 Å². The molecule has 2 nitrogen and oxygen atoms in total. The molecule has 0 aliphatic rings. The number of ether oxygens (including phenoxy) is 1. The number of hydrogen-bond acceptors (Lipinski definition) is 2. The molecule has 108 valence electrons. The summed E-state index contributed by atoms with van der Waals surface area (Å²) in [7, 11) is 1.35. The lowest BCUT2D eigenvalue weighted by Gasteiger charge is -2.14. The first-order valence-corrected chi connectivity index (χ1v) is 6.54. The predicted octanol–water partition coefficient (Wildman–Crippen LogP) is 4.82. The number of rotatable bonds is 3. The molecule has 0 amide bonds. The van der Waals surface area contributed by atoms with E-state index < -0.39 is 17.0 Å². The Bertz CT molecular complexity index is 627. The molecule has 1 aromatic carbocycles. The first-order valence-electron chi connectivity index (χ1n) is 6.10. The fourth-order valence-electron chi connectivity index (χ4n) is 2.25. The number of hydrogen-bond donors (Lipinski definition) is 0. The van der Waals surface area contributed by atoms with Gasteiger partial charge in [-0.05, 0) is 26.3 Å². The number of aryl methyl sites for hydroxylation is 2. The third kappa shape index (κ3) is 2.40. The van der Waals surface area contributed by atoms with E-state index in [9.17, 15) is 8.78 Å². The van der Waals surface area contributed by atoms with Gasteiger partial charge in [-0.15, -0.1) is 11.6 Å². The van der Waals surface area contributed by atoms with Gasteiger partial charge in [0.2, 0.25) is 0 Å². The molecule has 0 bridgehead atoms. The van der Waals surface area contributed by atoms with Gasteiger partial charge in [-0.2, -0.15) is 0 Å². The second-order valence-electron chi connectivity index (χ2n) is 4.62. The molecule has 0 fully saturated rings. The van der Waals surface area contributed by atoms with Gasteiger partial charge in [-0.1, -0.05) is 0 Å². The average Bonchev–Trinajstić information content (AvgIpc) is 2.62. The molecule has 0 aliphatic heterocycles. The van der Waals surface area contributed by atoms with Gasteiger partial charge in [0.05, 0.1) is 12.5 Å². The SMILES string of the molecule is COc1cc(F)c(C(Cl)c2c(C)oc(C)c2C)c(F)c1. The molecule has 0 aliphatic carbocycles. The van der Waals surface area contributed by atoms with Gasteiger partial charge < -0.3 is 9.15 Å². The Balaban J connectivity index is 2.56. The predicted molar refractivity (Wildman–Crippen MR) is 73.5 cm³/mol. The van der Waals surface area contributed by atoms with E-state index in [-0.39, 0.29) is 11.3 Å². The maximum absolute atomic E-state index is 14.1. The summed E-state index contributed by atoms with van der Waals surface area (Å²) < 4.78 is 38.4. The van der Waals surface area contributed by atoms with Crippen molar-refractivity contribution >= 4 is 11.6 Å². The van der Waals surface area contributed by atoms with Crippen molar-refractivity contribution in [3.63, 3.8) is 0 Å². The van der Waals surface area contributed by atoms with Crippen LogP contribution in [-0.2, 0) is 0 Å². The summed E-state index contributed by atoms with van der Waals surface area (Å²) in [6.45, 7) is 5.33. The van der Waals surface area contributed by atoms with Gasteiger partial charge in [0.1, 0.15) is 28.9 Å². The van der Waals surface area contributed by atoms with Crippen molar-refractivity contribution < 1.29 is 17.9 Å². The Morgan fingerprint density at radius 3 is 2.00 bits per heavy atom. The van der Waals surface area contributed by atoms with Crippen molar-refractivity contribution in [2.45, 2.75) is 26.1 Å². The minimum Gasteiger partial charge on any atom is -0.497 e. The third-order valence-corrected chi connectivity index (χ3v) is 3.85. The number of halogens is 3. The van der Waals surface area contributed by atoms with E-state index in [0.717, 1.165) is 17.7 Å². The molecule has 0 spiro atoms. The molecular weight excluding hydrogens is 286 g/mol. The van der Waals surface area contributed by atoms with Crippen molar-refractivity contribution in [2.75, 3.05) is 7.11 Å². The highest BCUT2D eigenvalue weighted by atomic mass is 35.5. The molecule has 2 aromatic rings. The highest BCUT2D eigenvalue weighted by Gasteiger charge is 2.26. The van der Waals surface area contributed by atoms with E-state index in [1.165, 1.54) is 7.11 Å². The van der Waals surface area contributed by atoms with Gasteiger partial charge in [-0.3, -0.25) is 0 Å². The Labute approximate surface area is 121 Å². The lowest BCUT2D eigenvalue weighted by Crippen LogP contribution is -2.03. The first kappa shape index (κ1) is 14.9. The molecule has 0 saturated carbocycles. The van der Waals surface area contributed by atoms with Crippen LogP contribution in [0.3, 0.4) is 0 Å². The Morgan fingerprint density at radius 1 is 1.05 bits per heavy atom. The van der Waals surface area contributed by atoms with E-state index in [1.807, 2.05) is 6.92 Å². The fourth-order valence-corrected chi connectivity index (χ4v) is 2.77. The standard InChI is InChI=1S/C15H15ClF2O2/c1-7-8(2)20-9(3)13(7)15(16)14-11(17)5-10(19-4)6-12(14)18/h5-6,15H,1-4H3. The summed E-state index contributed by atoms with van der Waals surface area (Å²) in [5.74, 6) is -0.101. The van der Waals surface area contributed by atoms with Gasteiger partial charge >= 0.3 is 0 Å². The topological polar surface area (TPSA) is 22.4 Å². The Hall–Kier alpha value is -1.55. The van der Waals surface area contributed by atoms with Crippen LogP contribution in [0.15, 0.2) is 16.5 Å². The van der Waals surface area contributed by atoms with Crippen molar-refractivity contribution in [3.05, 3.63) is 52.0 Å². The van der Waals surface area contributed by atoms with Crippen LogP contribution in [0.5, 0.6) is 5.75 Å². The van der Waals surface area contributed by atoms with Crippen molar-refractivity contribution in [2.24, 2.45) is 0 Å². The summed E-state index contributed by atoms with van der Waals surface area (Å²) in [5, 5.41) is -0.946. The second kappa shape index (κ2) is 5.44. The third-order valence-electron chi connectivity index (χ3n) is 3.41. The van der Waals surface area contributed by atoms with Crippen LogP contribution in [0.1, 0.15) is 33.6 Å². The van der Waals surface area contributed by atoms with E-state index >= 15 is 0 Å². The monoisotopic (exact) mass is 300 g/mol. The second-order valence-corrected chi connectivity index (χ2v) is 5.06. The molecule has 0 radical (unpaired) electrons. The number of benzene rings is 1. The molecule has 1 aromatic heterocycles. The van der Waals surface area contributed by atoms with Crippen molar-refractivity contribution in [1.82, 2.24) is 0 Å². The molecule has 1 atom stereocenters. The van der Waals surface area contributed by atoms with Crippen LogP contribution in [0.2, 0.25) is 0 Å². The molecule has 2 rings (SSSR count). The fraction of sp³-hybridized carbons (Fsp3) is 0.333. The van der Waals surface area contributed by atoms with E-state index in [0.29, 0.717) is 17.1 Å². The molecule has 5 heteroatoms. The molecular formula is C15H15ClF2O2. The zero-order valence-corrected chi connectivity index (χ0v) is 12.4. The molecule has 20 heavy (non-hydrogen) atoms. The van der Waals surface area contributed by atoms with Crippen LogP contribution in [-0.4, -0.2) is 7.11 Å². The maximum atomic E-state index is 14.1. The number of furan rings is 1. The summed E-state index contributed by atoms with van der Waals surface area (Å²) in [5.41, 5.74) is 1.21. The lowest BCUT2D eigenvalue weighted by molar-refractivity contribution is 0.405. The minimum absolute atomic E-state index is 0.115. The minimum atomic E-state index is -0.946. The molecule has 0 N–H and O–H groups in total. The zero-order valence-electron chi connectivity index (χ0n) is 11.7. The smallest absolute Gasteiger partial charge is 0.134 e. The van der Waals surface area contributed by atoms with E-state index in [4.69, 9.17) is 20.8 Å². The summed E-state index contributed by atoms with van der Waals surface area (Å²) >= 11 is 6.28. The summed E-state index contributed by atoms with van der Waals surface area (Å²) in [6, 6.07) is 2.23. The van der Waals surface area contributed by atoms with Crippen LogP contribution >= 0.6 is 11.6 Å². The quantitative estimate of drug-likeness (QED) is 0.758.